The number of hydrogen-bond donors (Lipinski definition) is 0. The van der Waals surface area contributed by atoms with E-state index in [-0.39, 0.29) is 0 Å². The van der Waals surface area contributed by atoms with Crippen molar-refractivity contribution in [3.63, 3.8) is 0 Å². The van der Waals surface area contributed by atoms with Gasteiger partial charge in [-0.15, -0.1) is 0 Å². The molecule has 0 radical (unpaired) electrons. The van der Waals surface area contributed by atoms with Crippen molar-refractivity contribution in [2.45, 2.75) is 19.0 Å². The van der Waals surface area contributed by atoms with Gasteiger partial charge in [-0.25, -0.2) is 4.98 Å². The molecule has 0 spiro atoms. The number of nitrogens with zero attached hydrogens (tertiary/aromatic N) is 5. The van der Waals surface area contributed by atoms with E-state index in [9.17, 15) is 0 Å². The largest absolute Gasteiger partial charge is 0.336 e. The molecule has 118 valence electrons. The Morgan fingerprint density at radius 1 is 1.32 bits per heavy atom. The Kier molecular flexibility index (Phi) is 4.85. The maximum Gasteiger partial charge on any atom is 0.0946 e. The van der Waals surface area contributed by atoms with Gasteiger partial charge in [0.05, 0.1) is 6.33 Å². The first-order chi connectivity index (χ1) is 10.7. The van der Waals surface area contributed by atoms with Crippen LogP contribution in [0.3, 0.4) is 0 Å². The van der Waals surface area contributed by atoms with Crippen LogP contribution in [0.5, 0.6) is 0 Å². The van der Waals surface area contributed by atoms with Crippen LogP contribution in [0.25, 0.3) is 0 Å². The maximum absolute atomic E-state index is 4.30. The number of pyridine rings is 1. The van der Waals surface area contributed by atoms with Crippen molar-refractivity contribution in [1.29, 1.82) is 0 Å². The van der Waals surface area contributed by atoms with Crippen molar-refractivity contribution in [2.24, 2.45) is 5.92 Å². The highest BCUT2D eigenvalue weighted by Crippen LogP contribution is 2.35. The molecule has 0 bridgehead atoms. The molecule has 1 aliphatic rings. The Labute approximate surface area is 132 Å². The van der Waals surface area contributed by atoms with Crippen LogP contribution < -0.4 is 0 Å². The highest BCUT2D eigenvalue weighted by atomic mass is 15.2. The average Bonchev–Trinajstić information content (AvgIpc) is 3.16. The first-order valence-corrected chi connectivity index (χ1v) is 7.98. The summed E-state index contributed by atoms with van der Waals surface area (Å²) in [5.74, 6) is 0.669. The molecule has 5 heteroatoms. The average molecular weight is 299 g/mol. The van der Waals surface area contributed by atoms with E-state index in [1.165, 1.54) is 18.5 Å². The molecular formula is C17H25N5. The van der Waals surface area contributed by atoms with Gasteiger partial charge in [-0.2, -0.15) is 0 Å². The predicted octanol–water partition coefficient (Wildman–Crippen LogP) is 1.90. The summed E-state index contributed by atoms with van der Waals surface area (Å²) in [6.45, 7) is 4.34. The van der Waals surface area contributed by atoms with E-state index in [0.29, 0.717) is 12.0 Å². The minimum atomic E-state index is 0.490. The van der Waals surface area contributed by atoms with Crippen LogP contribution in [0.1, 0.15) is 18.0 Å². The molecule has 0 aromatic carbocycles. The van der Waals surface area contributed by atoms with E-state index in [1.807, 2.05) is 37.2 Å². The SMILES string of the molecule is CN(CCn1ccnc1)C[C@@H]1CCN(C)[C@H]1c1cccnc1. The molecule has 3 heterocycles. The molecule has 3 rings (SSSR count). The normalized spacial score (nSPS) is 22.5. The monoisotopic (exact) mass is 299 g/mol. The molecule has 0 unspecified atom stereocenters. The Balaban J connectivity index is 1.58. The maximum atomic E-state index is 4.30. The zero-order valence-corrected chi connectivity index (χ0v) is 13.5. The summed E-state index contributed by atoms with van der Waals surface area (Å²) in [7, 11) is 4.44. The molecule has 0 N–H and O–H groups in total. The number of likely N-dealkylation sites (N-methyl/N-ethyl adjacent to an activating group) is 1. The molecule has 2 aromatic rings. The third-order valence-electron chi connectivity index (χ3n) is 4.65. The van der Waals surface area contributed by atoms with Gasteiger partial charge in [-0.05, 0) is 44.6 Å². The van der Waals surface area contributed by atoms with Crippen molar-refractivity contribution in [3.8, 4) is 0 Å². The highest BCUT2D eigenvalue weighted by molar-refractivity contribution is 5.17. The lowest BCUT2D eigenvalue weighted by atomic mass is 9.94. The zero-order chi connectivity index (χ0) is 15.4. The predicted molar refractivity (Wildman–Crippen MR) is 87.4 cm³/mol. The Morgan fingerprint density at radius 3 is 2.95 bits per heavy atom. The fourth-order valence-corrected chi connectivity index (χ4v) is 3.49. The fraction of sp³-hybridized carbons (Fsp3) is 0.529. The van der Waals surface area contributed by atoms with Gasteiger partial charge in [-0.1, -0.05) is 6.07 Å². The van der Waals surface area contributed by atoms with Crippen LogP contribution in [0.2, 0.25) is 0 Å². The van der Waals surface area contributed by atoms with Crippen LogP contribution in [0, 0.1) is 5.92 Å². The van der Waals surface area contributed by atoms with E-state index >= 15 is 0 Å². The summed E-state index contributed by atoms with van der Waals surface area (Å²) < 4.78 is 2.13. The van der Waals surface area contributed by atoms with E-state index in [0.717, 1.165) is 19.6 Å². The standard InChI is InChI=1S/C17H25N5/c1-20(10-11-22-9-7-19-14-22)13-16-5-8-21(2)17(16)15-4-3-6-18-12-15/h3-4,6-7,9,12,14,16-17H,5,8,10-11,13H2,1-2H3/t16-,17-/m0/s1. The van der Waals surface area contributed by atoms with Crippen LogP contribution in [-0.2, 0) is 6.54 Å². The smallest absolute Gasteiger partial charge is 0.0946 e. The van der Waals surface area contributed by atoms with Crippen molar-refractivity contribution in [1.82, 2.24) is 24.3 Å². The summed E-state index contributed by atoms with van der Waals surface area (Å²) in [5.41, 5.74) is 1.34. The molecule has 2 atom stereocenters. The summed E-state index contributed by atoms with van der Waals surface area (Å²) in [6.07, 6.45) is 10.9. The van der Waals surface area contributed by atoms with Gasteiger partial charge in [0, 0.05) is 50.5 Å². The summed E-state index contributed by atoms with van der Waals surface area (Å²) in [5, 5.41) is 0. The van der Waals surface area contributed by atoms with E-state index in [2.05, 4.69) is 44.5 Å². The molecule has 5 nitrogen and oxygen atoms in total. The first-order valence-electron chi connectivity index (χ1n) is 7.98. The van der Waals surface area contributed by atoms with Gasteiger partial charge in [0.25, 0.3) is 0 Å². The van der Waals surface area contributed by atoms with Crippen molar-refractivity contribution < 1.29 is 0 Å². The Hall–Kier alpha value is -1.72. The third kappa shape index (κ3) is 3.54. The lowest BCUT2D eigenvalue weighted by Crippen LogP contribution is -2.32. The molecule has 22 heavy (non-hydrogen) atoms. The lowest BCUT2D eigenvalue weighted by Gasteiger charge is -2.28. The van der Waals surface area contributed by atoms with Crippen LogP contribution >= 0.6 is 0 Å². The van der Waals surface area contributed by atoms with Crippen LogP contribution in [0.15, 0.2) is 43.2 Å². The minimum Gasteiger partial charge on any atom is -0.336 e. The molecule has 1 aliphatic heterocycles. The fourth-order valence-electron chi connectivity index (χ4n) is 3.49. The summed E-state index contributed by atoms with van der Waals surface area (Å²) in [6, 6.07) is 4.74. The van der Waals surface area contributed by atoms with Crippen LogP contribution in [0.4, 0.5) is 0 Å². The zero-order valence-electron chi connectivity index (χ0n) is 13.5. The second-order valence-electron chi connectivity index (χ2n) is 6.32. The number of hydrogen-bond acceptors (Lipinski definition) is 4. The second kappa shape index (κ2) is 7.03. The molecule has 0 amide bonds. The van der Waals surface area contributed by atoms with Crippen molar-refractivity contribution >= 4 is 0 Å². The molecule has 1 fully saturated rings. The van der Waals surface area contributed by atoms with Gasteiger partial charge in [0.2, 0.25) is 0 Å². The van der Waals surface area contributed by atoms with E-state index in [4.69, 9.17) is 0 Å². The number of imidazole rings is 1. The van der Waals surface area contributed by atoms with Crippen molar-refractivity contribution in [3.05, 3.63) is 48.8 Å². The lowest BCUT2D eigenvalue weighted by molar-refractivity contribution is 0.214. The molecule has 1 saturated heterocycles. The summed E-state index contributed by atoms with van der Waals surface area (Å²) >= 11 is 0. The van der Waals surface area contributed by atoms with Gasteiger partial charge >= 0.3 is 0 Å². The second-order valence-corrected chi connectivity index (χ2v) is 6.32. The molecular weight excluding hydrogens is 274 g/mol. The quantitative estimate of drug-likeness (QED) is 0.816. The number of aromatic nitrogens is 3. The topological polar surface area (TPSA) is 37.2 Å². The van der Waals surface area contributed by atoms with Gasteiger partial charge in [0.15, 0.2) is 0 Å². The number of likely N-dealkylation sites (tertiary alicyclic amines) is 1. The Morgan fingerprint density at radius 2 is 2.23 bits per heavy atom. The van der Waals surface area contributed by atoms with Crippen LogP contribution in [-0.4, -0.2) is 58.1 Å². The summed E-state index contributed by atoms with van der Waals surface area (Å²) in [4.78, 5) is 13.3. The van der Waals surface area contributed by atoms with Gasteiger partial charge in [0.1, 0.15) is 0 Å². The molecule has 0 aliphatic carbocycles. The van der Waals surface area contributed by atoms with Gasteiger partial charge in [-0.3, -0.25) is 9.88 Å². The molecule has 0 saturated carbocycles. The van der Waals surface area contributed by atoms with E-state index < -0.39 is 0 Å². The first kappa shape index (κ1) is 15.2. The number of rotatable bonds is 6. The minimum absolute atomic E-state index is 0.490. The highest BCUT2D eigenvalue weighted by Gasteiger charge is 2.33. The third-order valence-corrected chi connectivity index (χ3v) is 4.65. The van der Waals surface area contributed by atoms with E-state index in [1.54, 1.807) is 0 Å². The Bertz CT molecular complexity index is 554. The molecule has 2 aromatic heterocycles. The van der Waals surface area contributed by atoms with Gasteiger partial charge < -0.3 is 9.47 Å². The van der Waals surface area contributed by atoms with Crippen molar-refractivity contribution in [2.75, 3.05) is 33.7 Å².